The molecule has 3 heteroatoms. The topological polar surface area (TPSA) is 25.2 Å². The van der Waals surface area contributed by atoms with Gasteiger partial charge in [-0.2, -0.15) is 0 Å². The lowest BCUT2D eigenvalue weighted by Crippen LogP contribution is -1.92. The second-order valence-electron chi connectivity index (χ2n) is 5.28. The van der Waals surface area contributed by atoms with Crippen molar-refractivity contribution in [3.05, 3.63) is 84.9 Å². The van der Waals surface area contributed by atoms with Crippen molar-refractivity contribution in [2.75, 3.05) is 0 Å². The minimum atomic E-state index is 0.255. The van der Waals surface area contributed by atoms with Gasteiger partial charge in [-0.15, -0.1) is 11.3 Å². The molecule has 0 aliphatic rings. The molecule has 4 aromatic rings. The van der Waals surface area contributed by atoms with Gasteiger partial charge in [0.2, 0.25) is 0 Å². The first-order valence-electron chi connectivity index (χ1n) is 7.45. The average Bonchev–Trinajstić information content (AvgIpc) is 3.23. The molecule has 0 atom stereocenters. The standard InChI is InChI=1S/C20H15NOS/c22-19-13-11-17(15-7-3-1-4-8-15)21(19)20-14-12-18(23-20)16-9-5-2-6-10-16/h1-14,22H. The van der Waals surface area contributed by atoms with E-state index in [9.17, 15) is 5.11 Å². The van der Waals surface area contributed by atoms with Gasteiger partial charge >= 0.3 is 0 Å². The molecular formula is C20H15NOS. The van der Waals surface area contributed by atoms with E-state index in [2.05, 4.69) is 36.4 Å². The van der Waals surface area contributed by atoms with Gasteiger partial charge in [0.05, 0.1) is 5.69 Å². The third-order valence-corrected chi connectivity index (χ3v) is 4.92. The van der Waals surface area contributed by atoms with Gasteiger partial charge in [0, 0.05) is 10.9 Å². The Labute approximate surface area is 138 Å². The van der Waals surface area contributed by atoms with Gasteiger partial charge in [-0.05, 0) is 29.3 Å². The Balaban J connectivity index is 1.81. The average molecular weight is 317 g/mol. The Bertz CT molecular complexity index is 923. The van der Waals surface area contributed by atoms with Crippen molar-refractivity contribution < 1.29 is 5.11 Å². The number of rotatable bonds is 3. The molecule has 23 heavy (non-hydrogen) atoms. The van der Waals surface area contributed by atoms with Gasteiger partial charge in [0.15, 0.2) is 5.88 Å². The smallest absolute Gasteiger partial charge is 0.196 e. The molecule has 0 saturated carbocycles. The van der Waals surface area contributed by atoms with Crippen LogP contribution in [0.25, 0.3) is 26.7 Å². The van der Waals surface area contributed by atoms with E-state index in [1.807, 2.05) is 47.0 Å². The molecule has 0 unspecified atom stereocenters. The number of nitrogens with zero attached hydrogens (tertiary/aromatic N) is 1. The Morgan fingerprint density at radius 3 is 2.00 bits per heavy atom. The molecule has 1 N–H and O–H groups in total. The maximum Gasteiger partial charge on any atom is 0.196 e. The Morgan fingerprint density at radius 2 is 1.30 bits per heavy atom. The monoisotopic (exact) mass is 317 g/mol. The zero-order valence-corrected chi connectivity index (χ0v) is 13.2. The number of aromatic nitrogens is 1. The minimum absolute atomic E-state index is 0.255. The van der Waals surface area contributed by atoms with Crippen LogP contribution in [0.2, 0.25) is 0 Å². The Kier molecular flexibility index (Phi) is 3.48. The van der Waals surface area contributed by atoms with Crippen LogP contribution in [-0.2, 0) is 0 Å². The second-order valence-corrected chi connectivity index (χ2v) is 6.34. The van der Waals surface area contributed by atoms with E-state index in [1.54, 1.807) is 17.4 Å². The molecule has 0 saturated heterocycles. The normalized spacial score (nSPS) is 10.8. The van der Waals surface area contributed by atoms with Crippen LogP contribution in [0.4, 0.5) is 0 Å². The van der Waals surface area contributed by atoms with Crippen molar-refractivity contribution in [1.82, 2.24) is 4.57 Å². The molecule has 0 amide bonds. The number of thiophene rings is 1. The first kappa shape index (κ1) is 13.9. The molecule has 0 spiro atoms. The van der Waals surface area contributed by atoms with Crippen molar-refractivity contribution in [3.8, 4) is 32.6 Å². The molecule has 0 aliphatic heterocycles. The summed E-state index contributed by atoms with van der Waals surface area (Å²) in [6.07, 6.45) is 0. The molecule has 2 heterocycles. The quantitative estimate of drug-likeness (QED) is 0.524. The second kappa shape index (κ2) is 5.78. The van der Waals surface area contributed by atoms with Gasteiger partial charge in [-0.25, -0.2) is 0 Å². The van der Waals surface area contributed by atoms with Crippen molar-refractivity contribution in [1.29, 1.82) is 0 Å². The highest BCUT2D eigenvalue weighted by atomic mass is 32.1. The summed E-state index contributed by atoms with van der Waals surface area (Å²) in [7, 11) is 0. The molecule has 0 bridgehead atoms. The first-order valence-corrected chi connectivity index (χ1v) is 8.26. The molecule has 4 rings (SSSR count). The number of benzene rings is 2. The summed E-state index contributed by atoms with van der Waals surface area (Å²) < 4.78 is 1.90. The number of hydrogen-bond acceptors (Lipinski definition) is 2. The lowest BCUT2D eigenvalue weighted by molar-refractivity contribution is 0.444. The fourth-order valence-electron chi connectivity index (χ4n) is 2.70. The highest BCUT2D eigenvalue weighted by Gasteiger charge is 2.13. The van der Waals surface area contributed by atoms with Gasteiger partial charge in [0.25, 0.3) is 0 Å². The zero-order chi connectivity index (χ0) is 15.6. The lowest BCUT2D eigenvalue weighted by atomic mass is 10.1. The number of aromatic hydroxyl groups is 1. The van der Waals surface area contributed by atoms with Crippen molar-refractivity contribution >= 4 is 11.3 Å². The highest BCUT2D eigenvalue weighted by Crippen LogP contribution is 2.36. The highest BCUT2D eigenvalue weighted by molar-refractivity contribution is 7.17. The van der Waals surface area contributed by atoms with Crippen LogP contribution in [0.1, 0.15) is 0 Å². The fourth-order valence-corrected chi connectivity index (χ4v) is 3.73. The van der Waals surface area contributed by atoms with Crippen LogP contribution in [0, 0.1) is 0 Å². The van der Waals surface area contributed by atoms with Crippen LogP contribution in [0.15, 0.2) is 84.9 Å². The van der Waals surface area contributed by atoms with E-state index in [1.165, 1.54) is 10.4 Å². The predicted octanol–water partition coefficient (Wildman–Crippen LogP) is 5.58. The van der Waals surface area contributed by atoms with Crippen LogP contribution in [0.3, 0.4) is 0 Å². The molecule has 2 nitrogen and oxygen atoms in total. The molecular weight excluding hydrogens is 302 g/mol. The largest absolute Gasteiger partial charge is 0.494 e. The van der Waals surface area contributed by atoms with E-state index in [4.69, 9.17) is 0 Å². The Hall–Kier alpha value is -2.78. The summed E-state index contributed by atoms with van der Waals surface area (Å²) in [5, 5.41) is 11.3. The van der Waals surface area contributed by atoms with Crippen molar-refractivity contribution in [3.63, 3.8) is 0 Å². The molecule has 0 fully saturated rings. The summed E-state index contributed by atoms with van der Waals surface area (Å²) in [5.74, 6) is 0.255. The maximum atomic E-state index is 10.3. The van der Waals surface area contributed by atoms with Crippen molar-refractivity contribution in [2.45, 2.75) is 0 Å². The first-order chi connectivity index (χ1) is 11.3. The number of hydrogen-bond donors (Lipinski definition) is 1. The molecule has 112 valence electrons. The van der Waals surface area contributed by atoms with Crippen molar-refractivity contribution in [2.24, 2.45) is 0 Å². The van der Waals surface area contributed by atoms with Gasteiger partial charge in [-0.1, -0.05) is 60.7 Å². The van der Waals surface area contributed by atoms with Gasteiger partial charge < -0.3 is 5.11 Å². The van der Waals surface area contributed by atoms with Crippen LogP contribution in [-0.4, -0.2) is 9.67 Å². The summed E-state index contributed by atoms with van der Waals surface area (Å²) in [4.78, 5) is 1.19. The minimum Gasteiger partial charge on any atom is -0.494 e. The molecule has 0 radical (unpaired) electrons. The predicted molar refractivity (Wildman–Crippen MR) is 96.2 cm³/mol. The van der Waals surface area contributed by atoms with Crippen LogP contribution < -0.4 is 0 Å². The lowest BCUT2D eigenvalue weighted by Gasteiger charge is -2.08. The third-order valence-electron chi connectivity index (χ3n) is 3.80. The van der Waals surface area contributed by atoms with E-state index in [0.717, 1.165) is 16.3 Å². The van der Waals surface area contributed by atoms with Gasteiger partial charge in [-0.3, -0.25) is 4.57 Å². The summed E-state index contributed by atoms with van der Waals surface area (Å²) in [5.41, 5.74) is 3.27. The molecule has 0 aliphatic carbocycles. The van der Waals surface area contributed by atoms with E-state index in [0.29, 0.717) is 0 Å². The van der Waals surface area contributed by atoms with E-state index in [-0.39, 0.29) is 5.88 Å². The summed E-state index contributed by atoms with van der Waals surface area (Å²) >= 11 is 1.67. The fraction of sp³-hybridized carbons (Fsp3) is 0. The summed E-state index contributed by atoms with van der Waals surface area (Å²) in [6.45, 7) is 0. The zero-order valence-electron chi connectivity index (χ0n) is 12.4. The van der Waals surface area contributed by atoms with Crippen LogP contribution in [0.5, 0.6) is 5.88 Å². The van der Waals surface area contributed by atoms with E-state index >= 15 is 0 Å². The SMILES string of the molecule is Oc1ccc(-c2ccccc2)n1-c1ccc(-c2ccccc2)s1. The summed E-state index contributed by atoms with van der Waals surface area (Å²) in [6, 6.07) is 28.3. The van der Waals surface area contributed by atoms with E-state index < -0.39 is 0 Å². The third kappa shape index (κ3) is 2.56. The molecule has 2 aromatic heterocycles. The van der Waals surface area contributed by atoms with Crippen LogP contribution >= 0.6 is 11.3 Å². The van der Waals surface area contributed by atoms with Gasteiger partial charge in [0.1, 0.15) is 5.00 Å². The molecule has 2 aromatic carbocycles. The maximum absolute atomic E-state index is 10.3. The Morgan fingerprint density at radius 1 is 0.652 bits per heavy atom.